The molecule has 2 N–H and O–H groups in total. The van der Waals surface area contributed by atoms with Crippen molar-refractivity contribution in [3.8, 4) is 0 Å². The number of aromatic amines is 1. The summed E-state index contributed by atoms with van der Waals surface area (Å²) in [5, 5.41) is 5.13. The van der Waals surface area contributed by atoms with E-state index in [0.717, 1.165) is 17.4 Å². The molecule has 0 bridgehead atoms. The normalized spacial score (nSPS) is 17.3. The van der Waals surface area contributed by atoms with Gasteiger partial charge < -0.3 is 15.0 Å². The number of rotatable bonds is 5. The van der Waals surface area contributed by atoms with Gasteiger partial charge in [-0.25, -0.2) is 0 Å². The van der Waals surface area contributed by atoms with Crippen LogP contribution in [0.2, 0.25) is 0 Å². The molecule has 0 aliphatic heterocycles. The number of hydrogen-bond acceptors (Lipinski definition) is 2. The van der Waals surface area contributed by atoms with E-state index in [1.165, 1.54) is 46.1 Å². The molecule has 1 aliphatic carbocycles. The number of ether oxygens (including phenoxy) is 1. The van der Waals surface area contributed by atoms with Gasteiger partial charge in [0.15, 0.2) is 0 Å². The molecule has 0 radical (unpaired) electrons. The highest BCUT2D eigenvalue weighted by molar-refractivity contribution is 9.10. The lowest BCUT2D eigenvalue weighted by Crippen LogP contribution is -2.25. The fourth-order valence-corrected chi connectivity index (χ4v) is 4.38. The smallest absolute Gasteiger partial charge is 0.0871 e. The van der Waals surface area contributed by atoms with Gasteiger partial charge in [0.1, 0.15) is 0 Å². The van der Waals surface area contributed by atoms with E-state index >= 15 is 0 Å². The summed E-state index contributed by atoms with van der Waals surface area (Å²) in [4.78, 5) is 3.67. The largest absolute Gasteiger partial charge is 0.374 e. The second-order valence-corrected chi connectivity index (χ2v) is 8.86. The molecule has 4 heteroatoms. The maximum absolute atomic E-state index is 5.57. The lowest BCUT2D eigenvalue weighted by molar-refractivity contribution is 0.0192. The van der Waals surface area contributed by atoms with E-state index in [1.54, 1.807) is 7.11 Å². The first kappa shape index (κ1) is 18.7. The lowest BCUT2D eigenvalue weighted by atomic mass is 9.91. The first-order chi connectivity index (χ1) is 13.0. The van der Waals surface area contributed by atoms with Crippen molar-refractivity contribution in [3.05, 3.63) is 69.3 Å². The van der Waals surface area contributed by atoms with Crippen LogP contribution in [0.15, 0.2) is 46.9 Å². The molecule has 142 valence electrons. The summed E-state index contributed by atoms with van der Waals surface area (Å²) in [6.07, 6.45) is 3.56. The number of methoxy groups -OCH3 is 1. The molecule has 0 saturated carbocycles. The number of hydrogen-bond donors (Lipinski definition) is 2. The summed E-state index contributed by atoms with van der Waals surface area (Å²) >= 11 is 3.61. The average molecular weight is 427 g/mol. The molecule has 3 nitrogen and oxygen atoms in total. The molecule has 4 rings (SSSR count). The summed E-state index contributed by atoms with van der Waals surface area (Å²) in [6, 6.07) is 15.7. The monoisotopic (exact) mass is 426 g/mol. The topological polar surface area (TPSA) is 37.0 Å². The summed E-state index contributed by atoms with van der Waals surface area (Å²) in [5.41, 5.74) is 6.34. The zero-order chi connectivity index (χ0) is 19.0. The van der Waals surface area contributed by atoms with Gasteiger partial charge in [-0.1, -0.05) is 40.2 Å². The average Bonchev–Trinajstić information content (AvgIpc) is 3.05. The van der Waals surface area contributed by atoms with Crippen molar-refractivity contribution in [1.82, 2.24) is 10.3 Å². The number of aryl methyl sites for hydroxylation is 1. The second kappa shape index (κ2) is 7.42. The molecule has 0 fully saturated rings. The van der Waals surface area contributed by atoms with E-state index in [2.05, 4.69) is 82.5 Å². The van der Waals surface area contributed by atoms with E-state index in [-0.39, 0.29) is 5.60 Å². The number of halogens is 1. The molecule has 3 aromatic rings. The molecular formula is C23H27BrN2O. The third-order valence-corrected chi connectivity index (χ3v) is 6.37. The predicted molar refractivity (Wildman–Crippen MR) is 115 cm³/mol. The SMILES string of the molecule is COC(C)(C)c1ccc(CNC2CCCc3c2[nH]c2ccc(Br)cc32)cc1. The zero-order valence-electron chi connectivity index (χ0n) is 16.2. The zero-order valence-corrected chi connectivity index (χ0v) is 17.8. The minimum absolute atomic E-state index is 0.247. The Balaban J connectivity index is 1.51. The van der Waals surface area contributed by atoms with Crippen molar-refractivity contribution < 1.29 is 4.74 Å². The van der Waals surface area contributed by atoms with Crippen LogP contribution in [0.3, 0.4) is 0 Å². The molecule has 0 saturated heterocycles. The van der Waals surface area contributed by atoms with E-state index in [0.29, 0.717) is 6.04 Å². The highest BCUT2D eigenvalue weighted by atomic mass is 79.9. The van der Waals surface area contributed by atoms with Crippen molar-refractivity contribution in [2.75, 3.05) is 7.11 Å². The van der Waals surface area contributed by atoms with Gasteiger partial charge in [-0.3, -0.25) is 0 Å². The van der Waals surface area contributed by atoms with Crippen LogP contribution in [0.5, 0.6) is 0 Å². The highest BCUT2D eigenvalue weighted by Crippen LogP contribution is 2.36. The van der Waals surface area contributed by atoms with Gasteiger partial charge in [-0.15, -0.1) is 0 Å². The molecule has 0 amide bonds. The minimum atomic E-state index is -0.247. The molecule has 27 heavy (non-hydrogen) atoms. The van der Waals surface area contributed by atoms with Crippen LogP contribution in [0.1, 0.15) is 55.1 Å². The third kappa shape index (κ3) is 3.71. The second-order valence-electron chi connectivity index (χ2n) is 7.94. The lowest BCUT2D eigenvalue weighted by Gasteiger charge is -2.25. The fourth-order valence-electron chi connectivity index (χ4n) is 4.02. The number of nitrogens with one attached hydrogen (secondary N) is 2. The van der Waals surface area contributed by atoms with Gasteiger partial charge in [0, 0.05) is 40.8 Å². The van der Waals surface area contributed by atoms with Crippen molar-refractivity contribution >= 4 is 26.8 Å². The van der Waals surface area contributed by atoms with E-state index in [1.807, 2.05) is 0 Å². The molecule has 1 atom stereocenters. The van der Waals surface area contributed by atoms with E-state index in [4.69, 9.17) is 4.74 Å². The Morgan fingerprint density at radius 2 is 1.96 bits per heavy atom. The predicted octanol–water partition coefficient (Wildman–Crippen LogP) is 5.98. The Labute approximate surface area is 169 Å². The Morgan fingerprint density at radius 3 is 2.70 bits per heavy atom. The Hall–Kier alpha value is -1.62. The number of H-pyrrole nitrogens is 1. The Morgan fingerprint density at radius 1 is 1.19 bits per heavy atom. The molecule has 1 aliphatic rings. The van der Waals surface area contributed by atoms with Crippen LogP contribution in [0.4, 0.5) is 0 Å². The van der Waals surface area contributed by atoms with Crippen LogP contribution in [-0.2, 0) is 23.3 Å². The van der Waals surface area contributed by atoms with E-state index in [9.17, 15) is 0 Å². The van der Waals surface area contributed by atoms with Crippen molar-refractivity contribution in [2.24, 2.45) is 0 Å². The van der Waals surface area contributed by atoms with Gasteiger partial charge in [0.25, 0.3) is 0 Å². The first-order valence-electron chi connectivity index (χ1n) is 9.66. The molecule has 0 spiro atoms. The van der Waals surface area contributed by atoms with Gasteiger partial charge in [-0.05, 0) is 68.0 Å². The van der Waals surface area contributed by atoms with Crippen LogP contribution >= 0.6 is 15.9 Å². The van der Waals surface area contributed by atoms with Crippen molar-refractivity contribution in [1.29, 1.82) is 0 Å². The molecule has 1 unspecified atom stereocenters. The third-order valence-electron chi connectivity index (χ3n) is 5.88. The molecule has 2 aromatic carbocycles. The van der Waals surface area contributed by atoms with Crippen molar-refractivity contribution in [3.63, 3.8) is 0 Å². The van der Waals surface area contributed by atoms with Crippen LogP contribution in [0.25, 0.3) is 10.9 Å². The van der Waals surface area contributed by atoms with Gasteiger partial charge >= 0.3 is 0 Å². The quantitative estimate of drug-likeness (QED) is 0.526. The van der Waals surface area contributed by atoms with Crippen LogP contribution < -0.4 is 5.32 Å². The minimum Gasteiger partial charge on any atom is -0.374 e. The molecular weight excluding hydrogens is 400 g/mol. The summed E-state index contributed by atoms with van der Waals surface area (Å²) in [5.74, 6) is 0. The first-order valence-corrected chi connectivity index (χ1v) is 10.5. The molecule has 1 heterocycles. The van der Waals surface area contributed by atoms with Gasteiger partial charge in [-0.2, -0.15) is 0 Å². The Bertz CT molecular complexity index is 943. The Kier molecular flexibility index (Phi) is 5.15. The van der Waals surface area contributed by atoms with Crippen molar-refractivity contribution in [2.45, 2.75) is 51.3 Å². The molecule has 1 aromatic heterocycles. The van der Waals surface area contributed by atoms with E-state index < -0.39 is 0 Å². The maximum atomic E-state index is 5.57. The number of aromatic nitrogens is 1. The van der Waals surface area contributed by atoms with Crippen LogP contribution in [-0.4, -0.2) is 12.1 Å². The fraction of sp³-hybridized carbons (Fsp3) is 0.391. The highest BCUT2D eigenvalue weighted by Gasteiger charge is 2.24. The standard InChI is InChI=1S/C23H27BrN2O/c1-23(2,27-3)16-9-7-15(8-10-16)14-25-21-6-4-5-18-19-13-17(24)11-12-20(19)26-22(18)21/h7-13,21,25-26H,4-6,14H2,1-3H3. The summed E-state index contributed by atoms with van der Waals surface area (Å²) in [6.45, 7) is 5.06. The summed E-state index contributed by atoms with van der Waals surface area (Å²) < 4.78 is 6.72. The number of benzene rings is 2. The summed E-state index contributed by atoms with van der Waals surface area (Å²) in [7, 11) is 1.76. The van der Waals surface area contributed by atoms with Gasteiger partial charge in [0.05, 0.1) is 5.60 Å². The van der Waals surface area contributed by atoms with Crippen LogP contribution in [0, 0.1) is 0 Å². The number of fused-ring (bicyclic) bond motifs is 3. The maximum Gasteiger partial charge on any atom is 0.0871 e. The van der Waals surface area contributed by atoms with Gasteiger partial charge in [0.2, 0.25) is 0 Å².